The number of pyridine rings is 1. The van der Waals surface area contributed by atoms with Gasteiger partial charge in [-0.1, -0.05) is 24.3 Å². The number of halogens is 3. The SMILES string of the molecule is CCN=C(/C=C\CNC(=O)c1ccccc1)n1nc(-c2cccnc2)cc1C(F)(F)F. The minimum absolute atomic E-state index is 0.0129. The summed E-state index contributed by atoms with van der Waals surface area (Å²) in [4.78, 5) is 20.2. The highest BCUT2D eigenvalue weighted by Gasteiger charge is 2.37. The second-order valence-corrected chi connectivity index (χ2v) is 6.38. The lowest BCUT2D eigenvalue weighted by Crippen LogP contribution is -2.24. The van der Waals surface area contributed by atoms with Crippen LogP contribution < -0.4 is 5.32 Å². The van der Waals surface area contributed by atoms with Crippen molar-refractivity contribution in [1.82, 2.24) is 20.1 Å². The highest BCUT2D eigenvalue weighted by molar-refractivity contribution is 5.96. The summed E-state index contributed by atoms with van der Waals surface area (Å²) in [5.74, 6) is -0.271. The van der Waals surface area contributed by atoms with Crippen molar-refractivity contribution in [3.63, 3.8) is 0 Å². The summed E-state index contributed by atoms with van der Waals surface area (Å²) >= 11 is 0. The number of hydrogen-bond acceptors (Lipinski definition) is 4. The molecule has 0 aliphatic rings. The lowest BCUT2D eigenvalue weighted by molar-refractivity contribution is -0.142. The van der Waals surface area contributed by atoms with E-state index in [1.54, 1.807) is 49.4 Å². The number of hydrogen-bond donors (Lipinski definition) is 1. The zero-order valence-electron chi connectivity index (χ0n) is 16.7. The predicted octanol–water partition coefficient (Wildman–Crippen LogP) is 4.22. The van der Waals surface area contributed by atoms with Crippen LogP contribution in [0.3, 0.4) is 0 Å². The molecule has 31 heavy (non-hydrogen) atoms. The van der Waals surface area contributed by atoms with E-state index in [1.165, 1.54) is 24.5 Å². The molecule has 9 heteroatoms. The zero-order valence-corrected chi connectivity index (χ0v) is 16.7. The topological polar surface area (TPSA) is 72.2 Å². The van der Waals surface area contributed by atoms with Crippen LogP contribution in [0.4, 0.5) is 13.2 Å². The lowest BCUT2D eigenvalue weighted by atomic mass is 10.2. The summed E-state index contributed by atoms with van der Waals surface area (Å²) in [5.41, 5.74) is 0.138. The van der Waals surface area contributed by atoms with Crippen LogP contribution in [-0.2, 0) is 6.18 Å². The molecule has 3 rings (SSSR count). The standard InChI is InChI=1S/C22H20F3N5O/c1-2-27-20(11-7-13-28-21(31)16-8-4-3-5-9-16)30-19(22(23,24)25)14-18(29-30)17-10-6-12-26-15-17/h3-12,14-15H,2,13H2,1H3,(H,28,31)/b11-7-,27-20?. The number of carbonyl (C=O) groups excluding carboxylic acids is 1. The molecule has 0 radical (unpaired) electrons. The van der Waals surface area contributed by atoms with Crippen molar-refractivity contribution < 1.29 is 18.0 Å². The minimum atomic E-state index is -4.63. The Balaban J connectivity index is 1.83. The van der Waals surface area contributed by atoms with E-state index in [-0.39, 0.29) is 30.5 Å². The van der Waals surface area contributed by atoms with Gasteiger partial charge in [0, 0.05) is 36.6 Å². The number of allylic oxidation sites excluding steroid dienone is 1. The van der Waals surface area contributed by atoms with Gasteiger partial charge >= 0.3 is 6.18 Å². The number of nitrogens with one attached hydrogen (secondary N) is 1. The first-order valence-corrected chi connectivity index (χ1v) is 9.52. The maximum Gasteiger partial charge on any atom is 0.433 e. The van der Waals surface area contributed by atoms with E-state index in [4.69, 9.17) is 0 Å². The molecule has 0 fully saturated rings. The number of carbonyl (C=O) groups is 1. The maximum atomic E-state index is 13.6. The second-order valence-electron chi connectivity index (χ2n) is 6.38. The number of amides is 1. The molecule has 1 amide bonds. The quantitative estimate of drug-likeness (QED) is 0.473. The van der Waals surface area contributed by atoms with Crippen LogP contribution in [0.15, 0.2) is 78.1 Å². The Kier molecular flexibility index (Phi) is 6.96. The van der Waals surface area contributed by atoms with E-state index in [0.717, 1.165) is 10.7 Å². The number of aliphatic imine (C=N–C) groups is 1. The summed E-state index contributed by atoms with van der Waals surface area (Å²) in [7, 11) is 0. The Morgan fingerprint density at radius 3 is 2.61 bits per heavy atom. The number of alkyl halides is 3. The Morgan fingerprint density at radius 2 is 1.97 bits per heavy atom. The molecule has 1 N–H and O–H groups in total. The highest BCUT2D eigenvalue weighted by atomic mass is 19.4. The van der Waals surface area contributed by atoms with Crippen molar-refractivity contribution in [2.45, 2.75) is 13.1 Å². The third-order valence-electron chi connectivity index (χ3n) is 4.18. The fourth-order valence-corrected chi connectivity index (χ4v) is 2.77. The van der Waals surface area contributed by atoms with Crippen molar-refractivity contribution >= 4 is 11.7 Å². The third kappa shape index (κ3) is 5.65. The Labute approximate surface area is 177 Å². The molecule has 0 bridgehead atoms. The van der Waals surface area contributed by atoms with Gasteiger partial charge in [0.05, 0.1) is 5.69 Å². The molecule has 160 valence electrons. The maximum absolute atomic E-state index is 13.6. The summed E-state index contributed by atoms with van der Waals surface area (Å²) in [5, 5.41) is 6.80. The van der Waals surface area contributed by atoms with Crippen LogP contribution in [-0.4, -0.2) is 39.6 Å². The average molecular weight is 427 g/mol. The van der Waals surface area contributed by atoms with Gasteiger partial charge in [0.2, 0.25) is 0 Å². The molecular weight excluding hydrogens is 407 g/mol. The largest absolute Gasteiger partial charge is 0.433 e. The van der Waals surface area contributed by atoms with Crippen molar-refractivity contribution in [2.75, 3.05) is 13.1 Å². The Bertz CT molecular complexity index is 1070. The van der Waals surface area contributed by atoms with Crippen LogP contribution in [0.1, 0.15) is 23.0 Å². The number of rotatable bonds is 6. The smallest absolute Gasteiger partial charge is 0.349 e. The van der Waals surface area contributed by atoms with Gasteiger partial charge in [-0.25, -0.2) is 4.68 Å². The predicted molar refractivity (Wildman–Crippen MR) is 112 cm³/mol. The fourth-order valence-electron chi connectivity index (χ4n) is 2.77. The van der Waals surface area contributed by atoms with Gasteiger partial charge in [-0.3, -0.25) is 14.8 Å². The van der Waals surface area contributed by atoms with Crippen LogP contribution in [0.5, 0.6) is 0 Å². The molecule has 2 heterocycles. The summed E-state index contributed by atoms with van der Waals surface area (Å²) in [6.07, 6.45) is 1.28. The molecule has 0 saturated carbocycles. The molecule has 6 nitrogen and oxygen atoms in total. The van der Waals surface area contributed by atoms with E-state index in [9.17, 15) is 18.0 Å². The average Bonchev–Trinajstić information content (AvgIpc) is 3.23. The molecule has 0 aliphatic carbocycles. The van der Waals surface area contributed by atoms with Gasteiger partial charge in [0.1, 0.15) is 5.84 Å². The minimum Gasteiger partial charge on any atom is -0.349 e. The van der Waals surface area contributed by atoms with Crippen LogP contribution >= 0.6 is 0 Å². The third-order valence-corrected chi connectivity index (χ3v) is 4.18. The van der Waals surface area contributed by atoms with Gasteiger partial charge in [0.25, 0.3) is 5.91 Å². The summed E-state index contributed by atoms with van der Waals surface area (Å²) in [6, 6.07) is 12.8. The van der Waals surface area contributed by atoms with E-state index in [0.29, 0.717) is 11.1 Å². The van der Waals surface area contributed by atoms with Crippen molar-refractivity contribution in [3.05, 3.63) is 84.3 Å². The highest BCUT2D eigenvalue weighted by Crippen LogP contribution is 2.32. The molecule has 0 aliphatic heterocycles. The Hall–Kier alpha value is -3.75. The first-order chi connectivity index (χ1) is 14.9. The molecule has 0 spiro atoms. The number of benzene rings is 1. The van der Waals surface area contributed by atoms with Gasteiger partial charge in [-0.05, 0) is 43.3 Å². The van der Waals surface area contributed by atoms with Crippen molar-refractivity contribution in [2.24, 2.45) is 4.99 Å². The molecular formula is C22H20F3N5O. The first kappa shape index (κ1) is 21.9. The second kappa shape index (κ2) is 9.84. The van der Waals surface area contributed by atoms with Crippen molar-refractivity contribution in [3.8, 4) is 11.3 Å². The van der Waals surface area contributed by atoms with E-state index in [1.807, 2.05) is 0 Å². The summed E-state index contributed by atoms with van der Waals surface area (Å²) in [6.45, 7) is 2.09. The normalized spacial score (nSPS) is 12.3. The summed E-state index contributed by atoms with van der Waals surface area (Å²) < 4.78 is 41.7. The van der Waals surface area contributed by atoms with Crippen LogP contribution in [0, 0.1) is 0 Å². The van der Waals surface area contributed by atoms with E-state index < -0.39 is 11.9 Å². The Morgan fingerprint density at radius 1 is 1.19 bits per heavy atom. The number of nitrogens with zero attached hydrogens (tertiary/aromatic N) is 4. The fraction of sp³-hybridized carbons (Fsp3) is 0.182. The van der Waals surface area contributed by atoms with Gasteiger partial charge in [-0.15, -0.1) is 0 Å². The first-order valence-electron chi connectivity index (χ1n) is 9.52. The molecule has 3 aromatic rings. The van der Waals surface area contributed by atoms with Crippen molar-refractivity contribution in [1.29, 1.82) is 0 Å². The van der Waals surface area contributed by atoms with Gasteiger partial charge < -0.3 is 5.32 Å². The zero-order chi connectivity index (χ0) is 22.3. The molecule has 1 aromatic carbocycles. The van der Waals surface area contributed by atoms with Gasteiger partial charge in [-0.2, -0.15) is 18.3 Å². The van der Waals surface area contributed by atoms with E-state index in [2.05, 4.69) is 20.4 Å². The van der Waals surface area contributed by atoms with E-state index >= 15 is 0 Å². The lowest BCUT2D eigenvalue weighted by Gasteiger charge is -2.10. The number of aromatic nitrogens is 3. The molecule has 0 atom stereocenters. The van der Waals surface area contributed by atoms with Crippen LogP contribution in [0.25, 0.3) is 11.3 Å². The molecule has 0 unspecified atom stereocenters. The monoisotopic (exact) mass is 427 g/mol. The van der Waals surface area contributed by atoms with Gasteiger partial charge in [0.15, 0.2) is 5.69 Å². The van der Waals surface area contributed by atoms with Crippen LogP contribution in [0.2, 0.25) is 0 Å². The molecule has 2 aromatic heterocycles. The molecule has 0 saturated heterocycles.